The van der Waals surface area contributed by atoms with Gasteiger partial charge in [0.05, 0.1) is 11.2 Å². The first-order valence-electron chi connectivity index (χ1n) is 19.5. The van der Waals surface area contributed by atoms with Crippen molar-refractivity contribution < 1.29 is 34.7 Å². The molecule has 4 aromatic heterocycles. The van der Waals surface area contributed by atoms with Crippen LogP contribution in [0.4, 0.5) is 4.39 Å². The molecule has 10 aromatic rings. The number of benzene rings is 6. The molecule has 0 N–H and O–H groups in total. The van der Waals surface area contributed by atoms with E-state index in [1.165, 1.54) is 23.3 Å². The Bertz CT molecular complexity index is 3080. The average Bonchev–Trinajstić information content (AvgIpc) is 3.82. The molecule has 0 aliphatic rings. The van der Waals surface area contributed by atoms with Crippen LogP contribution in [-0.2, 0) is 25.5 Å². The topological polar surface area (TPSA) is 52.1 Å². The second kappa shape index (κ2) is 16.0. The molecule has 0 aliphatic heterocycles. The Hall–Kier alpha value is -6.20. The van der Waals surface area contributed by atoms with E-state index in [0.29, 0.717) is 0 Å². The van der Waals surface area contributed by atoms with Gasteiger partial charge in [-0.3, -0.25) is 0 Å². The van der Waals surface area contributed by atoms with Crippen molar-refractivity contribution in [3.63, 3.8) is 0 Å². The maximum Gasteiger partial charge on any atom is 0.123 e. The molecule has 0 spiro atoms. The molecule has 10 rings (SSSR count). The van der Waals surface area contributed by atoms with Gasteiger partial charge in [0, 0.05) is 50.1 Å². The van der Waals surface area contributed by atoms with Crippen LogP contribution in [0.2, 0.25) is 0 Å². The number of rotatable bonds is 6. The average molecular weight is 936 g/mol. The van der Waals surface area contributed by atoms with Gasteiger partial charge in [0.25, 0.3) is 0 Å². The first-order valence-corrected chi connectivity index (χ1v) is 19.0. The summed E-state index contributed by atoms with van der Waals surface area (Å²) in [6, 6.07) is 53.7. The van der Waals surface area contributed by atoms with Crippen molar-refractivity contribution >= 4 is 43.9 Å². The van der Waals surface area contributed by atoms with Gasteiger partial charge >= 0.3 is 0 Å². The van der Waals surface area contributed by atoms with Gasteiger partial charge in [-0.25, -0.2) is 4.39 Å². The summed E-state index contributed by atoms with van der Waals surface area (Å²) in [5.74, 6) is -0.901. The quantitative estimate of drug-likeness (QED) is 0.156. The van der Waals surface area contributed by atoms with E-state index in [1.807, 2.05) is 92.7 Å². The summed E-state index contributed by atoms with van der Waals surface area (Å²) in [5.41, 5.74) is 11.6. The summed E-state index contributed by atoms with van der Waals surface area (Å²) in [5, 5.41) is 4.21. The second-order valence-corrected chi connectivity index (χ2v) is 15.0. The Balaban J connectivity index is 0.000000175. The monoisotopic (exact) mass is 936 g/mol. The molecule has 58 heavy (non-hydrogen) atoms. The van der Waals surface area contributed by atoms with Crippen molar-refractivity contribution in [3.8, 4) is 33.6 Å². The number of pyridine rings is 2. The van der Waals surface area contributed by atoms with E-state index in [9.17, 15) is 4.39 Å². The van der Waals surface area contributed by atoms with E-state index in [-0.39, 0.29) is 31.3 Å². The van der Waals surface area contributed by atoms with E-state index in [1.54, 1.807) is 24.5 Å². The summed E-state index contributed by atoms with van der Waals surface area (Å²) < 4.78 is 34.2. The van der Waals surface area contributed by atoms with Gasteiger partial charge in [-0.15, -0.1) is 36.4 Å². The van der Waals surface area contributed by atoms with Crippen molar-refractivity contribution in [1.29, 1.82) is 0 Å². The normalized spacial score (nSPS) is 12.0. The molecule has 287 valence electrons. The molecular formula is C52H39FIrN2O2-2. The first kappa shape index (κ1) is 37.4. The first-order chi connectivity index (χ1) is 28.0. The smallest absolute Gasteiger partial charge is 0.123 e. The number of halogens is 1. The molecule has 0 saturated heterocycles. The molecule has 0 atom stereocenters. The van der Waals surface area contributed by atoms with Crippen LogP contribution in [0.3, 0.4) is 0 Å². The second-order valence-electron chi connectivity index (χ2n) is 15.0. The molecule has 0 amide bonds. The predicted molar refractivity (Wildman–Crippen MR) is 230 cm³/mol. The third-order valence-corrected chi connectivity index (χ3v) is 10.8. The van der Waals surface area contributed by atoms with Crippen LogP contribution >= 0.6 is 0 Å². The fourth-order valence-electron chi connectivity index (χ4n) is 7.48. The predicted octanol–water partition coefficient (Wildman–Crippen LogP) is 14.1. The van der Waals surface area contributed by atoms with E-state index in [2.05, 4.69) is 78.4 Å². The molecule has 4 heterocycles. The standard InChI is InChI=1S/C32H23FNO.C20H16NO.Ir/c1-32(2,23-7-4-3-5-8-23)24-13-16-26-27-9-6-10-28(31(27)35-30(26)20-24)29-19-22(17-18-34-29)21-11-14-25(33)15-12-21;1-13(2)14-9-10-15-16-6-5-7-17(18-8-3-4-11-21-18)20(16)22-19(15)12-14;/h3-9,11-20H,1-2H3;3-6,8-13H,1-2H3;/q2*-1;/i;13D;. The fourth-order valence-corrected chi connectivity index (χ4v) is 7.48. The fraction of sp³-hybridized carbons (Fsp3) is 0.115. The van der Waals surface area contributed by atoms with Crippen LogP contribution in [-0.4, -0.2) is 9.97 Å². The minimum Gasteiger partial charge on any atom is -0.501 e. The zero-order valence-electron chi connectivity index (χ0n) is 33.4. The van der Waals surface area contributed by atoms with E-state index in [0.717, 1.165) is 83.1 Å². The van der Waals surface area contributed by atoms with Crippen LogP contribution in [0, 0.1) is 17.9 Å². The molecule has 0 aliphatic carbocycles. The Labute approximate surface area is 352 Å². The number of nitrogens with zero attached hydrogens (tertiary/aromatic N) is 2. The minimum absolute atomic E-state index is 0. The number of fused-ring (bicyclic) bond motifs is 6. The Kier molecular flexibility index (Phi) is 10.3. The van der Waals surface area contributed by atoms with Crippen LogP contribution in [0.5, 0.6) is 0 Å². The summed E-state index contributed by atoms with van der Waals surface area (Å²) in [7, 11) is 0. The summed E-state index contributed by atoms with van der Waals surface area (Å²) in [6.45, 7) is 8.22. The molecule has 1 radical (unpaired) electrons. The van der Waals surface area contributed by atoms with E-state index < -0.39 is 5.89 Å². The van der Waals surface area contributed by atoms with Gasteiger partial charge in [-0.1, -0.05) is 135 Å². The van der Waals surface area contributed by atoms with E-state index >= 15 is 0 Å². The van der Waals surface area contributed by atoms with Gasteiger partial charge in [0.1, 0.15) is 17.0 Å². The number of furan rings is 2. The zero-order valence-corrected chi connectivity index (χ0v) is 34.8. The Morgan fingerprint density at radius 3 is 1.86 bits per heavy atom. The largest absolute Gasteiger partial charge is 0.501 e. The molecule has 0 bridgehead atoms. The number of hydrogen-bond donors (Lipinski definition) is 0. The van der Waals surface area contributed by atoms with Gasteiger partial charge in [0.15, 0.2) is 0 Å². The van der Waals surface area contributed by atoms with Gasteiger partial charge in [-0.05, 0) is 81.5 Å². The van der Waals surface area contributed by atoms with Crippen molar-refractivity contribution in [1.82, 2.24) is 9.97 Å². The Morgan fingerprint density at radius 2 is 1.21 bits per heavy atom. The number of aromatic nitrogens is 2. The summed E-state index contributed by atoms with van der Waals surface area (Å²) >= 11 is 0. The van der Waals surface area contributed by atoms with Crippen LogP contribution < -0.4 is 0 Å². The van der Waals surface area contributed by atoms with Crippen LogP contribution in [0.1, 0.15) is 51.7 Å². The van der Waals surface area contributed by atoms with Crippen molar-refractivity contribution in [3.05, 3.63) is 193 Å². The van der Waals surface area contributed by atoms with E-state index in [4.69, 9.17) is 10.2 Å². The molecule has 4 nitrogen and oxygen atoms in total. The SMILES string of the molecule is CC(C)(c1ccccc1)c1ccc2c(c1)oc1c(-c3cc(-c4ccc(F)cc4)ccn3)[c-]ccc12.[2H]C(C)(C)c1ccc2c(c1)oc1c(-c3ccccn3)[c-]ccc12.[Ir]. The number of hydrogen-bond acceptors (Lipinski definition) is 4. The molecule has 6 aromatic carbocycles. The third kappa shape index (κ3) is 7.26. The van der Waals surface area contributed by atoms with Crippen LogP contribution in [0.25, 0.3) is 77.5 Å². The maximum absolute atomic E-state index is 13.4. The summed E-state index contributed by atoms with van der Waals surface area (Å²) in [4.78, 5) is 9.01. The molecule has 0 fully saturated rings. The van der Waals surface area contributed by atoms with Crippen molar-refractivity contribution in [2.75, 3.05) is 0 Å². The zero-order chi connectivity index (χ0) is 40.0. The van der Waals surface area contributed by atoms with Gasteiger partial charge in [0.2, 0.25) is 0 Å². The maximum atomic E-state index is 13.4. The van der Waals surface area contributed by atoms with Gasteiger partial charge < -0.3 is 18.8 Å². The van der Waals surface area contributed by atoms with Crippen molar-refractivity contribution in [2.24, 2.45) is 0 Å². The van der Waals surface area contributed by atoms with Crippen LogP contribution in [0.15, 0.2) is 167 Å². The minimum atomic E-state index is -0.650. The third-order valence-electron chi connectivity index (χ3n) is 10.8. The summed E-state index contributed by atoms with van der Waals surface area (Å²) in [6.07, 6.45) is 3.54. The molecular weight excluding hydrogens is 896 g/mol. The van der Waals surface area contributed by atoms with Crippen molar-refractivity contribution in [2.45, 2.75) is 39.0 Å². The molecule has 0 unspecified atom stereocenters. The van der Waals surface area contributed by atoms with Gasteiger partial charge in [-0.2, -0.15) is 0 Å². The Morgan fingerprint density at radius 1 is 0.586 bits per heavy atom. The molecule has 0 saturated carbocycles. The molecule has 6 heteroatoms.